The van der Waals surface area contributed by atoms with Crippen LogP contribution in [-0.4, -0.2) is 31.3 Å². The quantitative estimate of drug-likeness (QED) is 0.515. The fourth-order valence-electron chi connectivity index (χ4n) is 2.87. The fraction of sp³-hybridized carbons (Fsp3) is 0.182. The average molecular weight is 427 g/mol. The maximum absolute atomic E-state index is 12.7. The number of rotatable bonds is 7. The zero-order valence-electron chi connectivity index (χ0n) is 16.3. The first-order valence-electron chi connectivity index (χ1n) is 9.08. The maximum atomic E-state index is 12.7. The summed E-state index contributed by atoms with van der Waals surface area (Å²) in [5.74, 6) is 0.0373. The summed E-state index contributed by atoms with van der Waals surface area (Å²) in [4.78, 5) is 17.1. The molecular formula is C22H22N2O3S2. The van der Waals surface area contributed by atoms with Gasteiger partial charge in [-0.2, -0.15) is 0 Å². The molecule has 0 unspecified atom stereocenters. The largest absolute Gasteiger partial charge is 0.273 e. The van der Waals surface area contributed by atoms with Crippen LogP contribution in [0.2, 0.25) is 0 Å². The van der Waals surface area contributed by atoms with E-state index in [4.69, 9.17) is 0 Å². The number of pyridine rings is 1. The maximum Gasteiger partial charge on any atom is 0.241 e. The Bertz CT molecular complexity index is 1140. The van der Waals surface area contributed by atoms with Gasteiger partial charge in [0.1, 0.15) is 0 Å². The summed E-state index contributed by atoms with van der Waals surface area (Å²) in [5.41, 5.74) is 3.04. The van der Waals surface area contributed by atoms with Crippen LogP contribution in [0.25, 0.3) is 17.0 Å². The Labute approximate surface area is 175 Å². The lowest BCUT2D eigenvalue weighted by molar-refractivity contribution is -0.117. The minimum atomic E-state index is -3.74. The van der Waals surface area contributed by atoms with Crippen molar-refractivity contribution in [1.82, 2.24) is 4.98 Å². The normalized spacial score (nSPS) is 11.8. The van der Waals surface area contributed by atoms with Gasteiger partial charge in [-0.1, -0.05) is 36.4 Å². The van der Waals surface area contributed by atoms with Crippen LogP contribution in [0, 0.1) is 6.92 Å². The molecule has 29 heavy (non-hydrogen) atoms. The van der Waals surface area contributed by atoms with E-state index < -0.39 is 15.9 Å². The van der Waals surface area contributed by atoms with Crippen molar-refractivity contribution < 1.29 is 13.2 Å². The third-order valence-electron chi connectivity index (χ3n) is 4.19. The van der Waals surface area contributed by atoms with E-state index in [2.05, 4.69) is 4.98 Å². The minimum Gasteiger partial charge on any atom is -0.273 e. The molecule has 0 fully saturated rings. The van der Waals surface area contributed by atoms with Gasteiger partial charge in [-0.25, -0.2) is 12.7 Å². The van der Waals surface area contributed by atoms with Gasteiger partial charge in [0.05, 0.1) is 17.5 Å². The van der Waals surface area contributed by atoms with E-state index in [9.17, 15) is 13.2 Å². The van der Waals surface area contributed by atoms with Crippen LogP contribution in [-0.2, 0) is 14.8 Å². The predicted molar refractivity (Wildman–Crippen MR) is 121 cm³/mol. The van der Waals surface area contributed by atoms with Crippen molar-refractivity contribution in [2.45, 2.75) is 13.3 Å². The Kier molecular flexibility index (Phi) is 6.71. The number of nitrogens with zero attached hydrogens (tertiary/aromatic N) is 2. The fourth-order valence-corrected chi connectivity index (χ4v) is 4.51. The van der Waals surface area contributed by atoms with Crippen molar-refractivity contribution >= 4 is 50.4 Å². The number of benzene rings is 2. The number of aromatic nitrogens is 1. The summed E-state index contributed by atoms with van der Waals surface area (Å²) in [6.45, 7) is 1.89. The number of hydrogen-bond donors (Lipinski definition) is 0. The molecule has 0 bridgehead atoms. The lowest BCUT2D eigenvalue weighted by Gasteiger charge is -2.20. The van der Waals surface area contributed by atoms with Crippen LogP contribution in [0.1, 0.15) is 17.7 Å². The van der Waals surface area contributed by atoms with Crippen molar-refractivity contribution in [3.63, 3.8) is 0 Å². The summed E-state index contributed by atoms with van der Waals surface area (Å²) in [6.07, 6.45) is 3.12. The van der Waals surface area contributed by atoms with Gasteiger partial charge in [-0.3, -0.25) is 9.78 Å². The van der Waals surface area contributed by atoms with Gasteiger partial charge in [0.25, 0.3) is 0 Å². The minimum absolute atomic E-state index is 0.112. The van der Waals surface area contributed by atoms with Gasteiger partial charge >= 0.3 is 0 Å². The lowest BCUT2D eigenvalue weighted by Crippen LogP contribution is -2.36. The number of carbonyl (C=O) groups is 1. The van der Waals surface area contributed by atoms with E-state index in [1.54, 1.807) is 18.2 Å². The van der Waals surface area contributed by atoms with E-state index in [0.29, 0.717) is 11.4 Å². The Balaban J connectivity index is 1.71. The first kappa shape index (κ1) is 21.1. The second-order valence-electron chi connectivity index (χ2n) is 6.58. The first-order chi connectivity index (χ1) is 13.8. The Hall–Kier alpha value is -2.64. The first-order valence-corrected chi connectivity index (χ1v) is 12.0. The van der Waals surface area contributed by atoms with Crippen LogP contribution in [0.15, 0.2) is 66.1 Å². The van der Waals surface area contributed by atoms with Crippen LogP contribution in [0.3, 0.4) is 0 Å². The third-order valence-corrected chi connectivity index (χ3v) is 6.04. The highest BCUT2D eigenvalue weighted by Crippen LogP contribution is 2.24. The molecule has 3 aromatic rings. The molecule has 0 atom stereocenters. The molecule has 0 spiro atoms. The molecular weight excluding hydrogens is 404 g/mol. The molecule has 0 saturated carbocycles. The number of anilines is 1. The molecule has 0 saturated heterocycles. The molecule has 1 heterocycles. The number of hydrogen-bond acceptors (Lipinski definition) is 5. The SMILES string of the molecule is Cc1ccc2cc(N(C(=O)CCS/C=C\c3ccccc3)S(C)(=O)=O)ccc2n1. The monoisotopic (exact) mass is 426 g/mol. The van der Waals surface area contributed by atoms with Gasteiger partial charge in [0.15, 0.2) is 0 Å². The van der Waals surface area contributed by atoms with Crippen molar-refractivity contribution in [2.75, 3.05) is 16.3 Å². The summed E-state index contributed by atoms with van der Waals surface area (Å²) in [5, 5.41) is 2.70. The highest BCUT2D eigenvalue weighted by molar-refractivity contribution is 8.02. The van der Waals surface area contributed by atoms with Crippen LogP contribution in [0.5, 0.6) is 0 Å². The van der Waals surface area contributed by atoms with Gasteiger partial charge in [-0.05, 0) is 48.2 Å². The molecule has 0 aliphatic heterocycles. The Morgan fingerprint density at radius 2 is 1.86 bits per heavy atom. The van der Waals surface area contributed by atoms with Gasteiger partial charge in [0, 0.05) is 23.3 Å². The van der Waals surface area contributed by atoms with E-state index >= 15 is 0 Å². The molecule has 0 aliphatic rings. The average Bonchev–Trinajstić information content (AvgIpc) is 2.67. The second kappa shape index (κ2) is 9.24. The number of fused-ring (bicyclic) bond motifs is 1. The predicted octanol–water partition coefficient (Wildman–Crippen LogP) is 4.63. The van der Waals surface area contributed by atoms with E-state index in [1.807, 2.05) is 60.9 Å². The number of carbonyl (C=O) groups excluding carboxylic acids is 1. The van der Waals surface area contributed by atoms with Crippen molar-refractivity contribution in [2.24, 2.45) is 0 Å². The van der Waals surface area contributed by atoms with Gasteiger partial charge < -0.3 is 0 Å². The summed E-state index contributed by atoms with van der Waals surface area (Å²) >= 11 is 1.47. The zero-order chi connectivity index (χ0) is 20.9. The number of sulfonamides is 1. The van der Waals surface area contributed by atoms with E-state index in [1.165, 1.54) is 11.8 Å². The van der Waals surface area contributed by atoms with Crippen LogP contribution >= 0.6 is 11.8 Å². The molecule has 3 rings (SSSR count). The van der Waals surface area contributed by atoms with Crippen molar-refractivity contribution in [3.8, 4) is 0 Å². The van der Waals surface area contributed by atoms with Gasteiger partial charge in [0.2, 0.25) is 15.9 Å². The van der Waals surface area contributed by atoms with Crippen LogP contribution in [0.4, 0.5) is 5.69 Å². The van der Waals surface area contributed by atoms with Gasteiger partial charge in [-0.15, -0.1) is 11.8 Å². The molecule has 7 heteroatoms. The molecule has 0 radical (unpaired) electrons. The topological polar surface area (TPSA) is 67.3 Å². The van der Waals surface area contributed by atoms with E-state index in [0.717, 1.165) is 32.7 Å². The zero-order valence-corrected chi connectivity index (χ0v) is 17.9. The molecule has 1 aromatic heterocycles. The molecule has 1 amide bonds. The molecule has 5 nitrogen and oxygen atoms in total. The third kappa shape index (κ3) is 5.68. The van der Waals surface area contributed by atoms with Crippen LogP contribution < -0.4 is 4.31 Å². The lowest BCUT2D eigenvalue weighted by atomic mass is 10.2. The smallest absolute Gasteiger partial charge is 0.241 e. The molecule has 2 aromatic carbocycles. The highest BCUT2D eigenvalue weighted by Gasteiger charge is 2.25. The molecule has 150 valence electrons. The summed E-state index contributed by atoms with van der Waals surface area (Å²) < 4.78 is 25.5. The summed E-state index contributed by atoms with van der Waals surface area (Å²) in [6, 6.07) is 18.6. The standard InChI is InChI=1S/C22H22N2O3S2/c1-17-8-9-19-16-20(10-11-21(19)23-17)24(29(2,26)27)22(25)13-15-28-14-12-18-6-4-3-5-7-18/h3-12,14,16H,13,15H2,1-2H3/b14-12-. The second-order valence-corrected chi connectivity index (χ2v) is 9.43. The van der Waals surface area contributed by atoms with Crippen molar-refractivity contribution in [3.05, 3.63) is 77.3 Å². The highest BCUT2D eigenvalue weighted by atomic mass is 32.2. The number of aryl methyl sites for hydroxylation is 1. The number of thioether (sulfide) groups is 1. The Morgan fingerprint density at radius 3 is 2.59 bits per heavy atom. The Morgan fingerprint density at radius 1 is 1.10 bits per heavy atom. The van der Waals surface area contributed by atoms with E-state index in [-0.39, 0.29) is 6.42 Å². The molecule has 0 aliphatic carbocycles. The summed E-state index contributed by atoms with van der Waals surface area (Å²) in [7, 11) is -3.74. The molecule has 0 N–H and O–H groups in total. The van der Waals surface area contributed by atoms with Crippen molar-refractivity contribution in [1.29, 1.82) is 0 Å². The number of amides is 1.